The lowest BCUT2D eigenvalue weighted by Crippen LogP contribution is -2.40. The number of fused-ring (bicyclic) bond motifs is 1. The highest BCUT2D eigenvalue weighted by atomic mass is 32.2. The number of rotatable bonds is 4. The molecule has 10 heteroatoms. The number of nitrogens with one attached hydrogen (secondary N) is 1. The zero-order valence-corrected chi connectivity index (χ0v) is 17.1. The van der Waals surface area contributed by atoms with Crippen molar-refractivity contribution in [3.63, 3.8) is 0 Å². The van der Waals surface area contributed by atoms with E-state index in [9.17, 15) is 18.1 Å². The maximum Gasteiger partial charge on any atom is 0.269 e. The standard InChI is InChI=1S/C21H17FN6O2S/c1-13(27-21-17(11-23)20(24)25-12-26-21)18-9-14-7-8-15(22)10-19(14)31(29,30)28(18)16-5-3-2-4-6-16/h2-10,12-13H,1H3,(H3,24,25,26,27). The van der Waals surface area contributed by atoms with E-state index in [4.69, 9.17) is 5.73 Å². The Labute approximate surface area is 178 Å². The van der Waals surface area contributed by atoms with Crippen molar-refractivity contribution in [3.05, 3.63) is 77.5 Å². The van der Waals surface area contributed by atoms with E-state index in [2.05, 4.69) is 15.3 Å². The summed E-state index contributed by atoms with van der Waals surface area (Å²) < 4.78 is 42.0. The quantitative estimate of drug-likeness (QED) is 0.644. The number of halogens is 1. The van der Waals surface area contributed by atoms with Crippen molar-refractivity contribution < 1.29 is 12.8 Å². The Bertz CT molecular complexity index is 1340. The van der Waals surface area contributed by atoms with Gasteiger partial charge in [0.25, 0.3) is 10.0 Å². The molecule has 0 saturated heterocycles. The molecule has 0 saturated carbocycles. The van der Waals surface area contributed by atoms with E-state index in [0.717, 1.165) is 10.4 Å². The second-order valence-corrected chi connectivity index (χ2v) is 8.57. The predicted octanol–water partition coefficient (Wildman–Crippen LogP) is 3.12. The van der Waals surface area contributed by atoms with Crippen molar-refractivity contribution in [2.75, 3.05) is 15.4 Å². The minimum absolute atomic E-state index is 0.0122. The molecule has 1 atom stereocenters. The van der Waals surface area contributed by atoms with Gasteiger partial charge in [0.05, 0.1) is 22.3 Å². The summed E-state index contributed by atoms with van der Waals surface area (Å²) in [5.41, 5.74) is 6.93. The van der Waals surface area contributed by atoms with E-state index >= 15 is 0 Å². The first kappa shape index (κ1) is 20.3. The van der Waals surface area contributed by atoms with Gasteiger partial charge in [-0.15, -0.1) is 0 Å². The normalized spacial score (nSPS) is 15.4. The van der Waals surface area contributed by atoms with Crippen molar-refractivity contribution in [1.82, 2.24) is 9.97 Å². The van der Waals surface area contributed by atoms with Crippen LogP contribution in [0.4, 0.5) is 21.7 Å². The first-order chi connectivity index (χ1) is 14.8. The number of benzene rings is 2. The van der Waals surface area contributed by atoms with Crippen LogP contribution < -0.4 is 15.4 Å². The summed E-state index contributed by atoms with van der Waals surface area (Å²) in [6.07, 6.45) is 2.88. The molecule has 3 N–H and O–H groups in total. The monoisotopic (exact) mass is 436 g/mol. The van der Waals surface area contributed by atoms with Crippen LogP contribution in [-0.2, 0) is 10.0 Å². The lowest BCUT2D eigenvalue weighted by Gasteiger charge is -2.34. The highest BCUT2D eigenvalue weighted by Gasteiger charge is 2.36. The van der Waals surface area contributed by atoms with Crippen LogP contribution in [-0.4, -0.2) is 24.4 Å². The molecule has 31 heavy (non-hydrogen) atoms. The molecule has 8 nitrogen and oxygen atoms in total. The fourth-order valence-corrected chi connectivity index (χ4v) is 5.13. The van der Waals surface area contributed by atoms with Crippen molar-refractivity contribution in [3.8, 4) is 6.07 Å². The third kappa shape index (κ3) is 3.55. The molecule has 0 spiro atoms. The molecule has 0 aliphatic carbocycles. The summed E-state index contributed by atoms with van der Waals surface area (Å²) in [5.74, 6) is -0.453. The van der Waals surface area contributed by atoms with Crippen LogP contribution >= 0.6 is 0 Å². The van der Waals surface area contributed by atoms with Gasteiger partial charge >= 0.3 is 0 Å². The molecule has 0 amide bonds. The van der Waals surface area contributed by atoms with Gasteiger partial charge < -0.3 is 11.1 Å². The second-order valence-electron chi connectivity index (χ2n) is 6.82. The van der Waals surface area contributed by atoms with Gasteiger partial charge in [0.2, 0.25) is 0 Å². The van der Waals surface area contributed by atoms with E-state index in [1.54, 1.807) is 43.3 Å². The summed E-state index contributed by atoms with van der Waals surface area (Å²) in [5, 5.41) is 12.4. The van der Waals surface area contributed by atoms with Gasteiger partial charge in [-0.3, -0.25) is 0 Å². The number of sulfonamides is 1. The van der Waals surface area contributed by atoms with Crippen LogP contribution in [0.25, 0.3) is 6.08 Å². The topological polar surface area (TPSA) is 125 Å². The Morgan fingerprint density at radius 3 is 2.65 bits per heavy atom. The zero-order chi connectivity index (χ0) is 22.2. The minimum atomic E-state index is -4.11. The number of para-hydroxylation sites is 1. The van der Waals surface area contributed by atoms with E-state index < -0.39 is 21.9 Å². The van der Waals surface area contributed by atoms with Crippen LogP contribution in [0.15, 0.2) is 65.5 Å². The molecule has 0 bridgehead atoms. The van der Waals surface area contributed by atoms with Gasteiger partial charge in [-0.25, -0.2) is 27.1 Å². The van der Waals surface area contributed by atoms with Crippen LogP contribution in [0.2, 0.25) is 0 Å². The number of nitriles is 1. The zero-order valence-electron chi connectivity index (χ0n) is 16.3. The minimum Gasteiger partial charge on any atom is -0.382 e. The maximum absolute atomic E-state index is 13.9. The molecule has 2 aromatic carbocycles. The molecule has 4 rings (SSSR count). The largest absolute Gasteiger partial charge is 0.382 e. The Morgan fingerprint density at radius 1 is 1.19 bits per heavy atom. The van der Waals surface area contributed by atoms with E-state index in [1.807, 2.05) is 6.07 Å². The summed E-state index contributed by atoms with van der Waals surface area (Å²) in [6.45, 7) is 1.73. The molecule has 2 heterocycles. The first-order valence-electron chi connectivity index (χ1n) is 9.21. The van der Waals surface area contributed by atoms with E-state index in [-0.39, 0.29) is 22.1 Å². The number of nitrogen functional groups attached to an aromatic ring is 1. The molecule has 0 fully saturated rings. The van der Waals surface area contributed by atoms with Crippen molar-refractivity contribution >= 4 is 33.4 Å². The Morgan fingerprint density at radius 2 is 1.94 bits per heavy atom. The van der Waals surface area contributed by atoms with Crippen LogP contribution in [0, 0.1) is 17.1 Å². The fraction of sp³-hybridized carbons (Fsp3) is 0.0952. The Hall–Kier alpha value is -3.97. The number of nitrogens with zero attached hydrogens (tertiary/aromatic N) is 4. The molecule has 1 aliphatic rings. The number of anilines is 3. The van der Waals surface area contributed by atoms with Gasteiger partial charge in [0, 0.05) is 0 Å². The van der Waals surface area contributed by atoms with Crippen molar-refractivity contribution in [1.29, 1.82) is 5.26 Å². The predicted molar refractivity (Wildman–Crippen MR) is 115 cm³/mol. The Kier molecular flexibility index (Phi) is 5.04. The summed E-state index contributed by atoms with van der Waals surface area (Å²) in [4.78, 5) is 7.74. The lowest BCUT2D eigenvalue weighted by atomic mass is 10.1. The van der Waals surface area contributed by atoms with Crippen LogP contribution in [0.5, 0.6) is 0 Å². The first-order valence-corrected chi connectivity index (χ1v) is 10.7. The molecule has 3 aromatic rings. The van der Waals surface area contributed by atoms with E-state index in [0.29, 0.717) is 16.9 Å². The van der Waals surface area contributed by atoms with Gasteiger partial charge in [-0.05, 0) is 42.8 Å². The lowest BCUT2D eigenvalue weighted by molar-refractivity contribution is 0.586. The average molecular weight is 436 g/mol. The maximum atomic E-state index is 13.9. The number of hydrogen-bond acceptors (Lipinski definition) is 7. The molecular formula is C21H17FN6O2S. The number of hydrogen-bond donors (Lipinski definition) is 2. The third-order valence-corrected chi connectivity index (χ3v) is 6.62. The summed E-state index contributed by atoms with van der Waals surface area (Å²) >= 11 is 0. The van der Waals surface area contributed by atoms with Gasteiger partial charge in [0.15, 0.2) is 0 Å². The van der Waals surface area contributed by atoms with E-state index in [1.165, 1.54) is 18.5 Å². The molecular weight excluding hydrogens is 419 g/mol. The average Bonchev–Trinajstić information content (AvgIpc) is 2.74. The summed E-state index contributed by atoms with van der Waals surface area (Å²) in [7, 11) is -4.11. The SMILES string of the molecule is CC(Nc1ncnc(N)c1C#N)C1=Cc2ccc(F)cc2S(=O)(=O)N1c1ccccc1. The molecule has 1 aromatic heterocycles. The Balaban J connectivity index is 1.86. The van der Waals surface area contributed by atoms with Crippen molar-refractivity contribution in [2.24, 2.45) is 0 Å². The van der Waals surface area contributed by atoms with Gasteiger partial charge in [0.1, 0.15) is 35.4 Å². The van der Waals surface area contributed by atoms with Gasteiger partial charge in [-0.1, -0.05) is 24.3 Å². The fourth-order valence-electron chi connectivity index (χ4n) is 3.36. The highest BCUT2D eigenvalue weighted by Crippen LogP contribution is 2.37. The van der Waals surface area contributed by atoms with Crippen LogP contribution in [0.1, 0.15) is 18.1 Å². The second kappa shape index (κ2) is 7.70. The number of nitrogens with two attached hydrogens (primary N) is 1. The molecule has 156 valence electrons. The molecule has 0 radical (unpaired) electrons. The molecule has 1 unspecified atom stereocenters. The molecule has 1 aliphatic heterocycles. The van der Waals surface area contributed by atoms with Crippen LogP contribution in [0.3, 0.4) is 0 Å². The summed E-state index contributed by atoms with van der Waals surface area (Å²) in [6, 6.07) is 13.4. The highest BCUT2D eigenvalue weighted by molar-refractivity contribution is 7.93. The third-order valence-electron chi connectivity index (χ3n) is 4.81. The number of aromatic nitrogens is 2. The smallest absolute Gasteiger partial charge is 0.269 e. The van der Waals surface area contributed by atoms with Crippen molar-refractivity contribution in [2.45, 2.75) is 17.9 Å². The van der Waals surface area contributed by atoms with Gasteiger partial charge in [-0.2, -0.15) is 5.26 Å².